The Bertz CT molecular complexity index is 1330. The van der Waals surface area contributed by atoms with Crippen molar-refractivity contribution in [2.24, 2.45) is 11.1 Å². The fourth-order valence-electron chi connectivity index (χ4n) is 4.30. The van der Waals surface area contributed by atoms with Gasteiger partial charge in [0.1, 0.15) is 17.8 Å². The van der Waals surface area contributed by atoms with Crippen LogP contribution < -0.4 is 10.5 Å². The lowest BCUT2D eigenvalue weighted by Gasteiger charge is -2.18. The lowest BCUT2D eigenvalue weighted by molar-refractivity contribution is 0.0785. The third-order valence-electron chi connectivity index (χ3n) is 6.16. The number of carbonyl (C=O) groups excluding carboxylic acids is 1. The minimum Gasteiger partial charge on any atom is -0.386 e. The van der Waals surface area contributed by atoms with Crippen LogP contribution in [0, 0.1) is 5.92 Å². The van der Waals surface area contributed by atoms with Crippen LogP contribution in [0.25, 0.3) is 0 Å². The van der Waals surface area contributed by atoms with Gasteiger partial charge in [0.25, 0.3) is 0 Å². The van der Waals surface area contributed by atoms with E-state index in [4.69, 9.17) is 9.32 Å². The number of nitrogens with one attached hydrogen (secondary N) is 1. The monoisotopic (exact) mass is 514 g/mol. The molecule has 4 N–H and O–H groups in total. The molecule has 0 spiro atoms. The molecule has 1 fully saturated rings. The minimum absolute atomic E-state index is 0.00105. The maximum absolute atomic E-state index is 13.2. The molecule has 0 radical (unpaired) electrons. The summed E-state index contributed by atoms with van der Waals surface area (Å²) in [7, 11) is -3.97. The molecule has 11 nitrogen and oxygen atoms in total. The molecule has 0 bridgehead atoms. The highest BCUT2D eigenvalue weighted by molar-refractivity contribution is 7.84. The van der Waals surface area contributed by atoms with Gasteiger partial charge in [-0.15, -0.1) is 0 Å². The molecule has 1 aromatic carbocycles. The number of nitrogens with zero attached hydrogens (tertiary/aromatic N) is 4. The van der Waals surface area contributed by atoms with E-state index >= 15 is 0 Å². The lowest BCUT2D eigenvalue weighted by atomic mass is 9.97. The summed E-state index contributed by atoms with van der Waals surface area (Å²) in [5, 5.41) is 22.9. The normalized spacial score (nSPS) is 18.3. The molecule has 3 aromatic rings. The first-order valence-corrected chi connectivity index (χ1v) is 13.1. The van der Waals surface area contributed by atoms with Crippen LogP contribution in [0.3, 0.4) is 0 Å². The van der Waals surface area contributed by atoms with Crippen LogP contribution in [-0.4, -0.2) is 51.7 Å². The quantitative estimate of drug-likeness (QED) is 0.343. The zero-order chi connectivity index (χ0) is 25.9. The molecule has 0 saturated heterocycles. The number of hydrogen-bond donors (Lipinski definition) is 3. The number of hydrogen-bond acceptors (Lipinski definition) is 9. The van der Waals surface area contributed by atoms with Gasteiger partial charge in [0, 0.05) is 18.4 Å². The predicted octanol–water partition coefficient (Wildman–Crippen LogP) is 1.98. The largest absolute Gasteiger partial charge is 0.386 e. The van der Waals surface area contributed by atoms with Gasteiger partial charge >= 0.3 is 10.3 Å². The molecule has 12 heteroatoms. The molecule has 4 rings (SSSR count). The van der Waals surface area contributed by atoms with Gasteiger partial charge < -0.3 is 10.4 Å². The number of benzene rings is 1. The van der Waals surface area contributed by atoms with Crippen molar-refractivity contribution in [3.05, 3.63) is 71.4 Å². The fourth-order valence-corrected chi connectivity index (χ4v) is 4.68. The van der Waals surface area contributed by atoms with Crippen LogP contribution in [0.5, 0.6) is 0 Å². The predicted molar refractivity (Wildman–Crippen MR) is 132 cm³/mol. The van der Waals surface area contributed by atoms with Crippen molar-refractivity contribution in [2.75, 3.05) is 11.9 Å². The molecule has 1 aliphatic carbocycles. The summed E-state index contributed by atoms with van der Waals surface area (Å²) in [5.41, 5.74) is 1.36. The van der Waals surface area contributed by atoms with E-state index in [1.807, 2.05) is 24.3 Å². The van der Waals surface area contributed by atoms with Gasteiger partial charge in [0.05, 0.1) is 24.3 Å². The number of nitrogens with two attached hydrogens (primary N) is 1. The zero-order valence-corrected chi connectivity index (χ0v) is 21.0. The summed E-state index contributed by atoms with van der Waals surface area (Å²) < 4.78 is 28.5. The molecule has 2 heterocycles. The van der Waals surface area contributed by atoms with E-state index < -0.39 is 15.9 Å². The molecule has 2 aromatic heterocycles. The van der Waals surface area contributed by atoms with Crippen molar-refractivity contribution in [1.82, 2.24) is 19.7 Å². The van der Waals surface area contributed by atoms with Crippen molar-refractivity contribution in [3.8, 4) is 0 Å². The van der Waals surface area contributed by atoms with E-state index in [2.05, 4.69) is 20.4 Å². The van der Waals surface area contributed by atoms with Crippen LogP contribution in [0.15, 0.2) is 49.1 Å². The Kier molecular flexibility index (Phi) is 7.50. The van der Waals surface area contributed by atoms with Gasteiger partial charge in [-0.25, -0.2) is 15.1 Å². The smallest absolute Gasteiger partial charge is 0.333 e. The first kappa shape index (κ1) is 25.9. The summed E-state index contributed by atoms with van der Waals surface area (Å²) in [6, 6.07) is 9.25. The van der Waals surface area contributed by atoms with E-state index in [0.29, 0.717) is 24.3 Å². The average Bonchev–Trinajstić information content (AvgIpc) is 3.46. The van der Waals surface area contributed by atoms with Crippen LogP contribution in [0.4, 0.5) is 5.82 Å². The summed E-state index contributed by atoms with van der Waals surface area (Å²) in [5.74, 6) is 0.127. The molecule has 1 aliphatic rings. The molecular weight excluding hydrogens is 484 g/mol. The highest BCUT2D eigenvalue weighted by Gasteiger charge is 2.28. The van der Waals surface area contributed by atoms with Crippen molar-refractivity contribution in [1.29, 1.82) is 0 Å². The average molecular weight is 515 g/mol. The molecule has 0 aliphatic heterocycles. The molecule has 2 unspecified atom stereocenters. The third kappa shape index (κ3) is 6.72. The van der Waals surface area contributed by atoms with Crippen LogP contribution in [-0.2, 0) is 26.6 Å². The summed E-state index contributed by atoms with van der Waals surface area (Å²) in [6.45, 7) is 3.93. The standard InChI is InChI=1S/C24H30N6O5S/c1-24(2,32)18-5-3-4-16(10-18)13-30-9-8-21(29-30)22(31)20-12-26-15-27-23(20)28-19-7-6-17(11-19)14-35-36(25,33)34/h3-5,8-10,12,15,17,19,32H,6-7,11,13-14H2,1-2H3,(H2,25,33,34)(H,26,27,28). The Hall–Kier alpha value is -3.19. The topological polar surface area (TPSA) is 162 Å². The summed E-state index contributed by atoms with van der Waals surface area (Å²) in [6.07, 6.45) is 6.75. The van der Waals surface area contributed by atoms with Gasteiger partial charge in [0.2, 0.25) is 5.78 Å². The minimum atomic E-state index is -3.97. The first-order chi connectivity index (χ1) is 17.0. The SMILES string of the molecule is CC(C)(O)c1cccc(Cn2ccc(C(=O)c3cncnc3NC3CCC(COS(N)(=O)=O)C3)n2)c1. The van der Waals surface area contributed by atoms with E-state index in [9.17, 15) is 18.3 Å². The maximum atomic E-state index is 13.2. The number of ketones is 1. The number of aromatic nitrogens is 4. The van der Waals surface area contributed by atoms with Crippen LogP contribution in [0.2, 0.25) is 0 Å². The molecule has 36 heavy (non-hydrogen) atoms. The third-order valence-corrected chi connectivity index (χ3v) is 6.62. The molecular formula is C24H30N6O5S. The van der Waals surface area contributed by atoms with Gasteiger partial charge in [0.15, 0.2) is 0 Å². The maximum Gasteiger partial charge on any atom is 0.333 e. The molecule has 0 amide bonds. The van der Waals surface area contributed by atoms with Crippen molar-refractivity contribution in [3.63, 3.8) is 0 Å². The van der Waals surface area contributed by atoms with Gasteiger partial charge in [-0.2, -0.15) is 13.5 Å². The van der Waals surface area contributed by atoms with Gasteiger partial charge in [-0.05, 0) is 56.2 Å². The number of rotatable bonds is 10. The van der Waals surface area contributed by atoms with E-state index in [-0.39, 0.29) is 30.0 Å². The van der Waals surface area contributed by atoms with E-state index in [1.54, 1.807) is 30.8 Å². The Morgan fingerprint density at radius 1 is 1.31 bits per heavy atom. The molecule has 2 atom stereocenters. The van der Waals surface area contributed by atoms with Crippen molar-refractivity contribution < 1.29 is 22.5 Å². The number of anilines is 1. The summed E-state index contributed by atoms with van der Waals surface area (Å²) >= 11 is 0. The molecule has 192 valence electrons. The number of carbonyl (C=O) groups is 1. The van der Waals surface area contributed by atoms with Crippen LogP contribution in [0.1, 0.15) is 60.3 Å². The van der Waals surface area contributed by atoms with E-state index in [0.717, 1.165) is 24.0 Å². The van der Waals surface area contributed by atoms with Crippen LogP contribution >= 0.6 is 0 Å². The first-order valence-electron chi connectivity index (χ1n) is 11.6. The van der Waals surface area contributed by atoms with Crippen molar-refractivity contribution in [2.45, 2.75) is 51.3 Å². The Labute approximate surface area is 210 Å². The van der Waals surface area contributed by atoms with E-state index in [1.165, 1.54) is 12.5 Å². The Balaban J connectivity index is 1.43. The Morgan fingerprint density at radius 3 is 2.86 bits per heavy atom. The van der Waals surface area contributed by atoms with Crippen molar-refractivity contribution >= 4 is 21.9 Å². The lowest BCUT2D eigenvalue weighted by Crippen LogP contribution is -2.22. The second kappa shape index (κ2) is 10.4. The Morgan fingerprint density at radius 2 is 2.11 bits per heavy atom. The molecule has 1 saturated carbocycles. The van der Waals surface area contributed by atoms with Gasteiger partial charge in [-0.3, -0.25) is 13.7 Å². The number of aliphatic hydroxyl groups is 1. The highest BCUT2D eigenvalue weighted by atomic mass is 32.2. The second-order valence-corrected chi connectivity index (χ2v) is 10.8. The van der Waals surface area contributed by atoms with Gasteiger partial charge in [-0.1, -0.05) is 24.3 Å². The zero-order valence-electron chi connectivity index (χ0n) is 20.2. The fraction of sp³-hybridized carbons (Fsp3) is 0.417. The highest BCUT2D eigenvalue weighted by Crippen LogP contribution is 2.29. The second-order valence-electron chi connectivity index (χ2n) is 9.57. The summed E-state index contributed by atoms with van der Waals surface area (Å²) in [4.78, 5) is 21.5.